The first-order chi connectivity index (χ1) is 9.27. The van der Waals surface area contributed by atoms with E-state index in [9.17, 15) is 0 Å². The molecule has 0 spiro atoms. The summed E-state index contributed by atoms with van der Waals surface area (Å²) in [4.78, 5) is 2.11. The largest absolute Gasteiger partial charge is 0.382 e. The highest BCUT2D eigenvalue weighted by molar-refractivity contribution is 4.46. The lowest BCUT2D eigenvalue weighted by Gasteiger charge is -2.10. The van der Waals surface area contributed by atoms with E-state index in [1.165, 1.54) is 0 Å². The van der Waals surface area contributed by atoms with Gasteiger partial charge in [0.2, 0.25) is 0 Å². The van der Waals surface area contributed by atoms with Crippen molar-refractivity contribution in [3.63, 3.8) is 0 Å². The molecule has 1 N–H and O–H groups in total. The van der Waals surface area contributed by atoms with Gasteiger partial charge in [0.25, 0.3) is 0 Å². The maximum absolute atomic E-state index is 5.45. The molecular weight excluding hydrogens is 248 g/mol. The van der Waals surface area contributed by atoms with Crippen molar-refractivity contribution in [2.45, 2.75) is 0 Å². The van der Waals surface area contributed by atoms with Crippen LogP contribution in [-0.4, -0.2) is 92.0 Å². The molecule has 0 aromatic heterocycles. The Morgan fingerprint density at radius 2 is 1.26 bits per heavy atom. The molecule has 0 radical (unpaired) electrons. The van der Waals surface area contributed by atoms with Crippen LogP contribution in [0.15, 0.2) is 0 Å². The van der Waals surface area contributed by atoms with Crippen LogP contribution in [0.3, 0.4) is 0 Å². The Morgan fingerprint density at radius 3 is 1.84 bits per heavy atom. The van der Waals surface area contributed by atoms with Crippen LogP contribution in [0.2, 0.25) is 0 Å². The van der Waals surface area contributed by atoms with Crippen molar-refractivity contribution < 1.29 is 18.9 Å². The number of nitrogens with zero attached hydrogens (tertiary/aromatic N) is 1. The fourth-order valence-corrected chi connectivity index (χ4v) is 1.23. The Balaban J connectivity index is 2.91. The van der Waals surface area contributed by atoms with E-state index >= 15 is 0 Å². The van der Waals surface area contributed by atoms with E-state index < -0.39 is 0 Å². The summed E-state index contributed by atoms with van der Waals surface area (Å²) in [6.45, 7) is 7.41. The summed E-state index contributed by atoms with van der Waals surface area (Å²) in [6.07, 6.45) is 0. The summed E-state index contributed by atoms with van der Waals surface area (Å²) in [7, 11) is 5.74. The van der Waals surface area contributed by atoms with Gasteiger partial charge in [-0.25, -0.2) is 0 Å². The summed E-state index contributed by atoms with van der Waals surface area (Å²) >= 11 is 0. The second-order valence-corrected chi connectivity index (χ2v) is 4.38. The first kappa shape index (κ1) is 18.8. The highest BCUT2D eigenvalue weighted by Crippen LogP contribution is 1.80. The Hall–Kier alpha value is -0.240. The highest BCUT2D eigenvalue weighted by Gasteiger charge is 1.92. The van der Waals surface area contributed by atoms with Crippen LogP contribution in [0.4, 0.5) is 0 Å². The number of rotatable bonds is 15. The van der Waals surface area contributed by atoms with Crippen molar-refractivity contribution in [3.05, 3.63) is 0 Å². The van der Waals surface area contributed by atoms with E-state index in [1.807, 2.05) is 14.1 Å². The summed E-state index contributed by atoms with van der Waals surface area (Å²) in [5, 5.41) is 3.26. The van der Waals surface area contributed by atoms with Gasteiger partial charge in [-0.15, -0.1) is 0 Å². The number of hydrogen-bond acceptors (Lipinski definition) is 6. The van der Waals surface area contributed by atoms with E-state index in [0.717, 1.165) is 32.8 Å². The third-order valence-corrected chi connectivity index (χ3v) is 2.33. The van der Waals surface area contributed by atoms with Crippen molar-refractivity contribution in [3.8, 4) is 0 Å². The number of likely N-dealkylation sites (N-methyl/N-ethyl adjacent to an activating group) is 1. The Kier molecular flexibility index (Phi) is 15.6. The van der Waals surface area contributed by atoms with Crippen molar-refractivity contribution >= 4 is 0 Å². The first-order valence-corrected chi connectivity index (χ1v) is 6.85. The quantitative estimate of drug-likeness (QED) is 0.420. The van der Waals surface area contributed by atoms with Gasteiger partial charge in [0.1, 0.15) is 0 Å². The number of hydrogen-bond donors (Lipinski definition) is 1. The number of ether oxygens (including phenoxy) is 4. The lowest BCUT2D eigenvalue weighted by molar-refractivity contribution is 0.0252. The zero-order valence-corrected chi connectivity index (χ0v) is 12.7. The first-order valence-electron chi connectivity index (χ1n) is 6.85. The average molecular weight is 278 g/mol. The zero-order chi connectivity index (χ0) is 14.2. The molecule has 0 amide bonds. The third kappa shape index (κ3) is 17.8. The molecular formula is C13H30N2O4. The van der Waals surface area contributed by atoms with Gasteiger partial charge in [-0.05, 0) is 14.1 Å². The summed E-state index contributed by atoms with van der Waals surface area (Å²) in [5.74, 6) is 0. The second-order valence-electron chi connectivity index (χ2n) is 4.38. The van der Waals surface area contributed by atoms with Gasteiger partial charge in [0.15, 0.2) is 0 Å². The predicted molar refractivity (Wildman–Crippen MR) is 75.8 cm³/mol. The fraction of sp³-hybridized carbons (Fsp3) is 1.00. The number of nitrogens with one attached hydrogen (secondary N) is 1. The second kappa shape index (κ2) is 15.8. The van der Waals surface area contributed by atoms with E-state index in [1.54, 1.807) is 7.11 Å². The molecule has 0 unspecified atom stereocenters. The van der Waals surface area contributed by atoms with Gasteiger partial charge in [-0.2, -0.15) is 0 Å². The van der Waals surface area contributed by atoms with Crippen LogP contribution in [0.5, 0.6) is 0 Å². The Morgan fingerprint density at radius 1 is 0.737 bits per heavy atom. The van der Waals surface area contributed by atoms with Gasteiger partial charge in [0.05, 0.1) is 46.2 Å². The minimum Gasteiger partial charge on any atom is -0.382 e. The van der Waals surface area contributed by atoms with E-state index in [2.05, 4.69) is 10.2 Å². The lowest BCUT2D eigenvalue weighted by Crippen LogP contribution is -2.26. The summed E-state index contributed by atoms with van der Waals surface area (Å²) in [5.41, 5.74) is 0. The Bertz CT molecular complexity index is 171. The minimum atomic E-state index is 0.622. The molecule has 6 heteroatoms. The minimum absolute atomic E-state index is 0.622. The predicted octanol–water partition coefficient (Wildman–Crippen LogP) is -0.166. The van der Waals surface area contributed by atoms with E-state index in [-0.39, 0.29) is 0 Å². The van der Waals surface area contributed by atoms with E-state index in [4.69, 9.17) is 18.9 Å². The summed E-state index contributed by atoms with van der Waals surface area (Å²) < 4.78 is 21.0. The maximum Gasteiger partial charge on any atom is 0.0701 e. The average Bonchev–Trinajstić information content (AvgIpc) is 2.39. The lowest BCUT2D eigenvalue weighted by atomic mass is 10.6. The standard InChI is InChI=1S/C13H30N2O4/c1-15(2)6-9-17-7-4-14-5-8-18-12-13-19-11-10-16-3/h14H,4-13H2,1-3H3. The SMILES string of the molecule is COCCOCCOCCNCCOCCN(C)C. The molecule has 0 heterocycles. The molecule has 0 aliphatic carbocycles. The molecule has 116 valence electrons. The van der Waals surface area contributed by atoms with Crippen LogP contribution in [0.1, 0.15) is 0 Å². The van der Waals surface area contributed by atoms with Crippen molar-refractivity contribution in [1.29, 1.82) is 0 Å². The van der Waals surface area contributed by atoms with Gasteiger partial charge in [-0.1, -0.05) is 0 Å². The van der Waals surface area contributed by atoms with Gasteiger partial charge < -0.3 is 29.2 Å². The highest BCUT2D eigenvalue weighted by atomic mass is 16.5. The van der Waals surface area contributed by atoms with Gasteiger partial charge >= 0.3 is 0 Å². The number of methoxy groups -OCH3 is 1. The topological polar surface area (TPSA) is 52.2 Å². The molecule has 6 nitrogen and oxygen atoms in total. The molecule has 0 aliphatic rings. The smallest absolute Gasteiger partial charge is 0.0701 e. The summed E-state index contributed by atoms with van der Waals surface area (Å²) in [6, 6.07) is 0. The molecule has 0 aromatic rings. The van der Waals surface area contributed by atoms with Gasteiger partial charge in [0, 0.05) is 26.7 Å². The molecule has 19 heavy (non-hydrogen) atoms. The molecule has 0 bridgehead atoms. The maximum atomic E-state index is 5.45. The van der Waals surface area contributed by atoms with Crippen LogP contribution in [0.25, 0.3) is 0 Å². The fourth-order valence-electron chi connectivity index (χ4n) is 1.23. The zero-order valence-electron chi connectivity index (χ0n) is 12.7. The van der Waals surface area contributed by atoms with E-state index in [0.29, 0.717) is 33.0 Å². The van der Waals surface area contributed by atoms with Crippen molar-refractivity contribution in [2.75, 3.05) is 87.1 Å². The van der Waals surface area contributed by atoms with Crippen LogP contribution in [-0.2, 0) is 18.9 Å². The molecule has 0 saturated heterocycles. The van der Waals surface area contributed by atoms with Gasteiger partial charge in [-0.3, -0.25) is 0 Å². The van der Waals surface area contributed by atoms with Crippen LogP contribution >= 0.6 is 0 Å². The molecule has 0 rings (SSSR count). The Labute approximate surface area is 117 Å². The van der Waals surface area contributed by atoms with Crippen LogP contribution < -0.4 is 5.32 Å². The van der Waals surface area contributed by atoms with Crippen molar-refractivity contribution in [2.24, 2.45) is 0 Å². The molecule has 0 aliphatic heterocycles. The molecule has 0 aromatic carbocycles. The monoisotopic (exact) mass is 278 g/mol. The normalized spacial score (nSPS) is 11.4. The van der Waals surface area contributed by atoms with Crippen molar-refractivity contribution in [1.82, 2.24) is 10.2 Å². The third-order valence-electron chi connectivity index (χ3n) is 2.33. The molecule has 0 fully saturated rings. The molecule has 0 atom stereocenters. The molecule has 0 saturated carbocycles. The van der Waals surface area contributed by atoms with Crippen LogP contribution in [0, 0.1) is 0 Å².